The number of hydrogen-bond acceptors (Lipinski definition) is 2. The quantitative estimate of drug-likeness (QED) is 0.889. The van der Waals surface area contributed by atoms with Gasteiger partial charge in [0.15, 0.2) is 0 Å². The highest BCUT2D eigenvalue weighted by Gasteiger charge is 2.12. The van der Waals surface area contributed by atoms with Crippen molar-refractivity contribution in [3.05, 3.63) is 56.2 Å². The van der Waals surface area contributed by atoms with Gasteiger partial charge in [0.1, 0.15) is 0 Å². The van der Waals surface area contributed by atoms with Crippen LogP contribution in [-0.2, 0) is 0 Å². The standard InChI is InChI=1S/C12H12BrNS/c1-8-6-9(7-15-8)12(14)10-4-2-3-5-11(10)13/h2-7,12H,14H2,1H3. The van der Waals surface area contributed by atoms with Crippen molar-refractivity contribution in [1.29, 1.82) is 0 Å². The molecule has 1 atom stereocenters. The first-order valence-corrected chi connectivity index (χ1v) is 6.41. The second-order valence-corrected chi connectivity index (χ2v) is 5.46. The van der Waals surface area contributed by atoms with Gasteiger partial charge in [-0.3, -0.25) is 0 Å². The minimum atomic E-state index is -0.0366. The molecule has 78 valence electrons. The normalized spacial score (nSPS) is 12.7. The average Bonchev–Trinajstić information content (AvgIpc) is 2.65. The molecule has 15 heavy (non-hydrogen) atoms. The SMILES string of the molecule is Cc1cc(C(N)c2ccccc2Br)cs1. The van der Waals surface area contributed by atoms with Crippen LogP contribution >= 0.6 is 27.3 Å². The number of benzene rings is 1. The van der Waals surface area contributed by atoms with Gasteiger partial charge >= 0.3 is 0 Å². The van der Waals surface area contributed by atoms with E-state index in [1.165, 1.54) is 10.4 Å². The number of nitrogens with two attached hydrogens (primary N) is 1. The minimum Gasteiger partial charge on any atom is -0.320 e. The first kappa shape index (κ1) is 10.9. The molecular formula is C12H12BrNS. The van der Waals surface area contributed by atoms with Crippen molar-refractivity contribution in [1.82, 2.24) is 0 Å². The van der Waals surface area contributed by atoms with E-state index in [4.69, 9.17) is 5.73 Å². The van der Waals surface area contributed by atoms with Gasteiger partial charge in [0.25, 0.3) is 0 Å². The summed E-state index contributed by atoms with van der Waals surface area (Å²) < 4.78 is 1.07. The summed E-state index contributed by atoms with van der Waals surface area (Å²) in [7, 11) is 0. The lowest BCUT2D eigenvalue weighted by molar-refractivity contribution is 0.870. The number of hydrogen-bond donors (Lipinski definition) is 1. The van der Waals surface area contributed by atoms with Gasteiger partial charge in [-0.15, -0.1) is 11.3 Å². The van der Waals surface area contributed by atoms with E-state index in [-0.39, 0.29) is 6.04 Å². The second-order valence-electron chi connectivity index (χ2n) is 3.49. The smallest absolute Gasteiger partial charge is 0.0571 e. The molecule has 2 rings (SSSR count). The molecule has 2 aromatic rings. The second kappa shape index (κ2) is 4.47. The molecule has 0 spiro atoms. The van der Waals surface area contributed by atoms with Crippen molar-refractivity contribution in [2.24, 2.45) is 5.73 Å². The van der Waals surface area contributed by atoms with E-state index in [0.29, 0.717) is 0 Å². The van der Waals surface area contributed by atoms with Crippen LogP contribution in [0.2, 0.25) is 0 Å². The van der Waals surface area contributed by atoms with E-state index < -0.39 is 0 Å². The fourth-order valence-corrected chi connectivity index (χ4v) is 2.81. The summed E-state index contributed by atoms with van der Waals surface area (Å²) in [4.78, 5) is 1.30. The summed E-state index contributed by atoms with van der Waals surface area (Å²) in [6, 6.07) is 10.2. The Labute approximate surface area is 102 Å². The molecule has 1 aromatic heterocycles. The molecule has 0 aliphatic heterocycles. The predicted molar refractivity (Wildman–Crippen MR) is 69.2 cm³/mol. The number of rotatable bonds is 2. The molecule has 2 N–H and O–H groups in total. The fraction of sp³-hybridized carbons (Fsp3) is 0.167. The molecule has 0 radical (unpaired) electrons. The third-order valence-corrected chi connectivity index (χ3v) is 3.95. The number of thiophene rings is 1. The summed E-state index contributed by atoms with van der Waals surface area (Å²) in [5.74, 6) is 0. The molecule has 0 fully saturated rings. The molecule has 1 unspecified atom stereocenters. The summed E-state index contributed by atoms with van der Waals surface area (Å²) in [6.07, 6.45) is 0. The van der Waals surface area contributed by atoms with E-state index in [0.717, 1.165) is 10.0 Å². The molecule has 1 heterocycles. The monoisotopic (exact) mass is 281 g/mol. The van der Waals surface area contributed by atoms with Crippen LogP contribution in [0.4, 0.5) is 0 Å². The number of aryl methyl sites for hydroxylation is 1. The number of halogens is 1. The molecule has 0 bridgehead atoms. The first-order chi connectivity index (χ1) is 7.18. The van der Waals surface area contributed by atoms with Crippen molar-refractivity contribution in [3.63, 3.8) is 0 Å². The van der Waals surface area contributed by atoms with Crippen LogP contribution in [-0.4, -0.2) is 0 Å². The Kier molecular flexibility index (Phi) is 3.24. The third kappa shape index (κ3) is 2.30. The van der Waals surface area contributed by atoms with Gasteiger partial charge in [-0.25, -0.2) is 0 Å². The zero-order valence-electron chi connectivity index (χ0n) is 8.41. The van der Waals surface area contributed by atoms with Crippen LogP contribution < -0.4 is 5.73 Å². The average molecular weight is 282 g/mol. The molecule has 0 saturated heterocycles. The lowest BCUT2D eigenvalue weighted by Crippen LogP contribution is -2.11. The molecule has 0 saturated carbocycles. The van der Waals surface area contributed by atoms with Crippen molar-refractivity contribution in [2.75, 3.05) is 0 Å². The molecule has 3 heteroatoms. The van der Waals surface area contributed by atoms with E-state index in [9.17, 15) is 0 Å². The van der Waals surface area contributed by atoms with Crippen molar-refractivity contribution in [3.8, 4) is 0 Å². The Balaban J connectivity index is 2.36. The van der Waals surface area contributed by atoms with Gasteiger partial charge in [0.05, 0.1) is 6.04 Å². The van der Waals surface area contributed by atoms with Crippen LogP contribution in [0.1, 0.15) is 22.0 Å². The minimum absolute atomic E-state index is 0.0366. The van der Waals surface area contributed by atoms with Crippen molar-refractivity contribution < 1.29 is 0 Å². The zero-order chi connectivity index (χ0) is 10.8. The van der Waals surface area contributed by atoms with Gasteiger partial charge in [-0.1, -0.05) is 34.1 Å². The van der Waals surface area contributed by atoms with E-state index in [2.05, 4.69) is 40.4 Å². The highest BCUT2D eigenvalue weighted by Crippen LogP contribution is 2.28. The molecule has 0 aliphatic rings. The summed E-state index contributed by atoms with van der Waals surface area (Å²) >= 11 is 5.26. The van der Waals surface area contributed by atoms with Gasteiger partial charge in [0.2, 0.25) is 0 Å². The highest BCUT2D eigenvalue weighted by atomic mass is 79.9. The molecular weight excluding hydrogens is 270 g/mol. The summed E-state index contributed by atoms with van der Waals surface area (Å²) in [5.41, 5.74) is 8.53. The fourth-order valence-electron chi connectivity index (χ4n) is 1.53. The van der Waals surface area contributed by atoms with E-state index >= 15 is 0 Å². The Morgan fingerprint density at radius 2 is 2.07 bits per heavy atom. The zero-order valence-corrected chi connectivity index (χ0v) is 10.8. The molecule has 0 aliphatic carbocycles. The topological polar surface area (TPSA) is 26.0 Å². The maximum Gasteiger partial charge on any atom is 0.0571 e. The molecule has 1 aromatic carbocycles. The predicted octanol–water partition coefficient (Wildman–Crippen LogP) is 3.87. The van der Waals surface area contributed by atoms with Crippen molar-refractivity contribution >= 4 is 27.3 Å². The van der Waals surface area contributed by atoms with Crippen molar-refractivity contribution in [2.45, 2.75) is 13.0 Å². The van der Waals surface area contributed by atoms with Gasteiger partial charge in [-0.2, -0.15) is 0 Å². The molecule has 1 nitrogen and oxygen atoms in total. The van der Waals surface area contributed by atoms with Crippen LogP contribution in [0.25, 0.3) is 0 Å². The van der Waals surface area contributed by atoms with Crippen LogP contribution in [0.3, 0.4) is 0 Å². The van der Waals surface area contributed by atoms with Crippen LogP contribution in [0.15, 0.2) is 40.2 Å². The maximum absolute atomic E-state index is 6.21. The lowest BCUT2D eigenvalue weighted by atomic mass is 10.0. The third-order valence-electron chi connectivity index (χ3n) is 2.35. The van der Waals surface area contributed by atoms with E-state index in [1.807, 2.05) is 18.2 Å². The first-order valence-electron chi connectivity index (χ1n) is 4.73. The summed E-state index contributed by atoms with van der Waals surface area (Å²) in [5, 5.41) is 2.12. The molecule has 0 amide bonds. The highest BCUT2D eigenvalue weighted by molar-refractivity contribution is 9.10. The van der Waals surface area contributed by atoms with Gasteiger partial charge in [0, 0.05) is 9.35 Å². The van der Waals surface area contributed by atoms with Gasteiger partial charge < -0.3 is 5.73 Å². The van der Waals surface area contributed by atoms with E-state index in [1.54, 1.807) is 11.3 Å². The largest absolute Gasteiger partial charge is 0.320 e. The Morgan fingerprint density at radius 3 is 2.67 bits per heavy atom. The maximum atomic E-state index is 6.21. The lowest BCUT2D eigenvalue weighted by Gasteiger charge is -2.12. The Bertz CT molecular complexity index is 464. The van der Waals surface area contributed by atoms with Crippen LogP contribution in [0, 0.1) is 6.92 Å². The Hall–Kier alpha value is -0.640. The summed E-state index contributed by atoms with van der Waals surface area (Å²) in [6.45, 7) is 2.10. The van der Waals surface area contributed by atoms with Crippen LogP contribution in [0.5, 0.6) is 0 Å². The Morgan fingerprint density at radius 1 is 1.33 bits per heavy atom. The van der Waals surface area contributed by atoms with Gasteiger partial charge in [-0.05, 0) is 35.6 Å².